The number of hydrogen-bond donors (Lipinski definition) is 2. The van der Waals surface area contributed by atoms with E-state index in [2.05, 4.69) is 10.9 Å². The normalized spacial score (nSPS) is 10.3. The van der Waals surface area contributed by atoms with Crippen molar-refractivity contribution in [3.05, 3.63) is 64.3 Å². The fourth-order valence-electron chi connectivity index (χ4n) is 1.80. The Labute approximate surface area is 126 Å². The van der Waals surface area contributed by atoms with Gasteiger partial charge in [-0.2, -0.15) is 0 Å². The van der Waals surface area contributed by atoms with Gasteiger partial charge in [0.1, 0.15) is 5.82 Å². The highest BCUT2D eigenvalue weighted by Gasteiger charge is 2.07. The van der Waals surface area contributed by atoms with Gasteiger partial charge >= 0.3 is 0 Å². The molecule has 0 atom stereocenters. The van der Waals surface area contributed by atoms with Crippen molar-refractivity contribution < 1.29 is 13.9 Å². The van der Waals surface area contributed by atoms with Gasteiger partial charge in [-0.05, 0) is 24.3 Å². The molecule has 2 rings (SSSR count). The molecule has 7 heteroatoms. The maximum Gasteiger partial charge on any atom is 0.271 e. The second kappa shape index (κ2) is 7.37. The first-order chi connectivity index (χ1) is 10.6. The zero-order valence-corrected chi connectivity index (χ0v) is 12.0. The molecule has 0 unspecified atom stereocenters. The van der Waals surface area contributed by atoms with Crippen LogP contribution in [0.1, 0.15) is 10.4 Å². The number of aromatic nitrogens is 1. The van der Waals surface area contributed by atoms with Crippen LogP contribution < -0.4 is 16.4 Å². The molecule has 2 N–H and O–H groups in total. The van der Waals surface area contributed by atoms with Crippen LogP contribution in [-0.2, 0) is 11.3 Å². The average molecular weight is 305 g/mol. The standard InChI is InChI=1S/C15H16FN3O3/c1-22-8-7-19-10-11(5-6-14(19)20)15(21)18-17-13-4-2-3-12(16)9-13/h2-6,9-10,17H,7-8H2,1H3,(H,18,21). The van der Waals surface area contributed by atoms with Crippen molar-refractivity contribution in [1.29, 1.82) is 0 Å². The largest absolute Gasteiger partial charge is 0.383 e. The lowest BCUT2D eigenvalue weighted by Crippen LogP contribution is -2.31. The molecule has 0 saturated carbocycles. The lowest BCUT2D eigenvalue weighted by molar-refractivity contribution is 0.0961. The number of anilines is 1. The zero-order valence-electron chi connectivity index (χ0n) is 12.0. The number of carbonyl (C=O) groups is 1. The van der Waals surface area contributed by atoms with Crippen LogP contribution in [-0.4, -0.2) is 24.2 Å². The van der Waals surface area contributed by atoms with Crippen molar-refractivity contribution >= 4 is 11.6 Å². The molecular formula is C15H16FN3O3. The van der Waals surface area contributed by atoms with Gasteiger partial charge in [0.25, 0.3) is 11.5 Å². The van der Waals surface area contributed by atoms with Crippen LogP contribution in [0.3, 0.4) is 0 Å². The molecule has 116 valence electrons. The van der Waals surface area contributed by atoms with Crippen LogP contribution in [0.4, 0.5) is 10.1 Å². The number of rotatable bonds is 6. The Hall–Kier alpha value is -2.67. The third-order valence-corrected chi connectivity index (χ3v) is 2.93. The number of benzene rings is 1. The minimum Gasteiger partial charge on any atom is -0.383 e. The van der Waals surface area contributed by atoms with E-state index in [9.17, 15) is 14.0 Å². The van der Waals surface area contributed by atoms with E-state index >= 15 is 0 Å². The molecule has 2 aromatic rings. The minimum atomic E-state index is -0.435. The SMILES string of the molecule is COCCn1cc(C(=O)NNc2cccc(F)c2)ccc1=O. The summed E-state index contributed by atoms with van der Waals surface area (Å²) < 4.78 is 19.3. The number of nitrogens with zero attached hydrogens (tertiary/aromatic N) is 1. The third-order valence-electron chi connectivity index (χ3n) is 2.93. The molecular weight excluding hydrogens is 289 g/mol. The summed E-state index contributed by atoms with van der Waals surface area (Å²) in [5, 5.41) is 0. The monoisotopic (exact) mass is 305 g/mol. The summed E-state index contributed by atoms with van der Waals surface area (Å²) >= 11 is 0. The zero-order chi connectivity index (χ0) is 15.9. The topological polar surface area (TPSA) is 72.4 Å². The predicted molar refractivity (Wildman–Crippen MR) is 80.1 cm³/mol. The number of amides is 1. The average Bonchev–Trinajstić information content (AvgIpc) is 2.52. The summed E-state index contributed by atoms with van der Waals surface area (Å²) in [6.45, 7) is 0.723. The Balaban J connectivity index is 2.04. The number of carbonyl (C=O) groups excluding carboxylic acids is 1. The summed E-state index contributed by atoms with van der Waals surface area (Å²) in [4.78, 5) is 23.7. The van der Waals surface area contributed by atoms with Crippen LogP contribution in [0.5, 0.6) is 0 Å². The molecule has 1 heterocycles. The Kier molecular flexibility index (Phi) is 5.26. The van der Waals surface area contributed by atoms with Crippen molar-refractivity contribution in [2.45, 2.75) is 6.54 Å². The fourth-order valence-corrected chi connectivity index (χ4v) is 1.80. The molecule has 0 aliphatic carbocycles. The van der Waals surface area contributed by atoms with E-state index in [4.69, 9.17) is 4.74 Å². The maximum atomic E-state index is 13.0. The van der Waals surface area contributed by atoms with E-state index in [1.54, 1.807) is 6.07 Å². The van der Waals surface area contributed by atoms with Crippen LogP contribution >= 0.6 is 0 Å². The first-order valence-corrected chi connectivity index (χ1v) is 6.61. The van der Waals surface area contributed by atoms with Gasteiger partial charge in [0.2, 0.25) is 0 Å². The van der Waals surface area contributed by atoms with E-state index in [0.29, 0.717) is 24.4 Å². The summed E-state index contributed by atoms with van der Waals surface area (Å²) in [5.41, 5.74) is 5.56. The highest BCUT2D eigenvalue weighted by molar-refractivity contribution is 5.94. The van der Waals surface area contributed by atoms with Crippen molar-refractivity contribution in [3.63, 3.8) is 0 Å². The molecule has 0 fully saturated rings. The summed E-state index contributed by atoms with van der Waals surface area (Å²) in [6, 6.07) is 8.43. The van der Waals surface area contributed by atoms with Crippen molar-refractivity contribution in [3.8, 4) is 0 Å². The van der Waals surface area contributed by atoms with E-state index in [0.717, 1.165) is 0 Å². The molecule has 0 bridgehead atoms. The molecule has 0 spiro atoms. The fraction of sp³-hybridized carbons (Fsp3) is 0.200. The number of ether oxygens (including phenoxy) is 1. The lowest BCUT2D eigenvalue weighted by Gasteiger charge is -2.10. The number of halogens is 1. The smallest absolute Gasteiger partial charge is 0.271 e. The van der Waals surface area contributed by atoms with Gasteiger partial charge < -0.3 is 9.30 Å². The molecule has 1 aromatic carbocycles. The molecule has 22 heavy (non-hydrogen) atoms. The van der Waals surface area contributed by atoms with Gasteiger partial charge in [-0.1, -0.05) is 6.07 Å². The van der Waals surface area contributed by atoms with Crippen molar-refractivity contribution in [1.82, 2.24) is 9.99 Å². The summed E-state index contributed by atoms with van der Waals surface area (Å²) in [5.74, 6) is -0.845. The van der Waals surface area contributed by atoms with Gasteiger partial charge in [0.05, 0.1) is 17.9 Å². The van der Waals surface area contributed by atoms with E-state index in [1.807, 2.05) is 0 Å². The lowest BCUT2D eigenvalue weighted by atomic mass is 10.2. The van der Waals surface area contributed by atoms with E-state index in [1.165, 1.54) is 48.2 Å². The maximum absolute atomic E-state index is 13.0. The second-order valence-electron chi connectivity index (χ2n) is 4.53. The number of hydrazine groups is 1. The number of nitrogens with one attached hydrogen (secondary N) is 2. The number of methoxy groups -OCH3 is 1. The first kappa shape index (κ1) is 15.7. The Morgan fingerprint density at radius 3 is 2.86 bits per heavy atom. The van der Waals surface area contributed by atoms with Gasteiger partial charge in [-0.3, -0.25) is 20.4 Å². The first-order valence-electron chi connectivity index (χ1n) is 6.61. The van der Waals surface area contributed by atoms with Crippen molar-refractivity contribution in [2.75, 3.05) is 19.1 Å². The highest BCUT2D eigenvalue weighted by Crippen LogP contribution is 2.07. The predicted octanol–water partition coefficient (Wildman–Crippen LogP) is 1.39. The number of pyridine rings is 1. The van der Waals surface area contributed by atoms with Crippen molar-refractivity contribution in [2.24, 2.45) is 0 Å². The third kappa shape index (κ3) is 4.16. The minimum absolute atomic E-state index is 0.216. The number of hydrogen-bond acceptors (Lipinski definition) is 4. The van der Waals surface area contributed by atoms with Crippen LogP contribution in [0.2, 0.25) is 0 Å². The molecule has 1 amide bonds. The Morgan fingerprint density at radius 1 is 1.32 bits per heavy atom. The molecule has 1 aromatic heterocycles. The Morgan fingerprint density at radius 2 is 2.14 bits per heavy atom. The Bertz CT molecular complexity index is 715. The van der Waals surface area contributed by atoms with Gasteiger partial charge in [-0.15, -0.1) is 0 Å². The quantitative estimate of drug-likeness (QED) is 0.791. The summed E-state index contributed by atoms with van der Waals surface area (Å²) in [6.07, 6.45) is 1.45. The summed E-state index contributed by atoms with van der Waals surface area (Å²) in [7, 11) is 1.53. The van der Waals surface area contributed by atoms with Crippen LogP contribution in [0, 0.1) is 5.82 Å². The van der Waals surface area contributed by atoms with Crippen LogP contribution in [0.15, 0.2) is 47.4 Å². The molecule has 0 radical (unpaired) electrons. The molecule has 6 nitrogen and oxygen atoms in total. The highest BCUT2D eigenvalue weighted by atomic mass is 19.1. The molecule has 0 aliphatic rings. The molecule has 0 saturated heterocycles. The van der Waals surface area contributed by atoms with Crippen LogP contribution in [0.25, 0.3) is 0 Å². The van der Waals surface area contributed by atoms with Gasteiger partial charge in [-0.25, -0.2) is 4.39 Å². The molecule has 0 aliphatic heterocycles. The second-order valence-corrected chi connectivity index (χ2v) is 4.53. The van der Waals surface area contributed by atoms with Gasteiger partial charge in [0.15, 0.2) is 0 Å². The van der Waals surface area contributed by atoms with E-state index in [-0.39, 0.29) is 5.56 Å². The van der Waals surface area contributed by atoms with E-state index < -0.39 is 11.7 Å². The van der Waals surface area contributed by atoms with Gasteiger partial charge in [0, 0.05) is 25.9 Å².